The molecule has 1 saturated heterocycles. The first-order chi connectivity index (χ1) is 14.6. The van der Waals surface area contributed by atoms with Gasteiger partial charge in [-0.2, -0.15) is 0 Å². The summed E-state index contributed by atoms with van der Waals surface area (Å²) in [6, 6.07) is 27.4. The molecular formula is C26H30ClNO3. The summed E-state index contributed by atoms with van der Waals surface area (Å²) in [7, 11) is 0. The molecule has 1 aliphatic heterocycles. The van der Waals surface area contributed by atoms with Gasteiger partial charge in [0, 0.05) is 32.0 Å². The predicted octanol–water partition coefficient (Wildman–Crippen LogP) is 4.36. The van der Waals surface area contributed by atoms with E-state index in [9.17, 15) is 10.2 Å². The van der Waals surface area contributed by atoms with Gasteiger partial charge in [-0.15, -0.1) is 12.4 Å². The van der Waals surface area contributed by atoms with Crippen molar-refractivity contribution >= 4 is 12.4 Å². The van der Waals surface area contributed by atoms with E-state index in [1.807, 2.05) is 48.5 Å². The van der Waals surface area contributed by atoms with Gasteiger partial charge in [0.05, 0.1) is 13.2 Å². The van der Waals surface area contributed by atoms with Gasteiger partial charge in [-0.25, -0.2) is 0 Å². The Labute approximate surface area is 190 Å². The van der Waals surface area contributed by atoms with Crippen LogP contribution >= 0.6 is 12.4 Å². The number of phenolic OH excluding ortho intramolecular Hbond substituents is 1. The summed E-state index contributed by atoms with van der Waals surface area (Å²) in [5.41, 5.74) is 1.87. The van der Waals surface area contributed by atoms with Crippen molar-refractivity contribution in [2.45, 2.75) is 17.9 Å². The van der Waals surface area contributed by atoms with Crippen LogP contribution in [0.3, 0.4) is 0 Å². The third kappa shape index (κ3) is 5.66. The molecule has 2 unspecified atom stereocenters. The molecule has 164 valence electrons. The molecule has 1 heterocycles. The Balaban J connectivity index is 0.00000272. The average Bonchev–Trinajstić information content (AvgIpc) is 2.80. The van der Waals surface area contributed by atoms with Crippen LogP contribution in [0, 0.1) is 0 Å². The maximum Gasteiger partial charge on any atom is 0.115 e. The second kappa shape index (κ2) is 10.8. The van der Waals surface area contributed by atoms with Crippen LogP contribution in [-0.2, 0) is 16.8 Å². The molecule has 0 amide bonds. The summed E-state index contributed by atoms with van der Waals surface area (Å²) < 4.78 is 5.53. The first-order valence-corrected chi connectivity index (χ1v) is 10.6. The summed E-state index contributed by atoms with van der Waals surface area (Å²) in [5, 5.41) is 22.2. The molecule has 1 fully saturated rings. The molecule has 0 aromatic heterocycles. The molecule has 0 saturated carbocycles. The highest BCUT2D eigenvalue weighted by Crippen LogP contribution is 2.41. The van der Waals surface area contributed by atoms with Gasteiger partial charge in [0.25, 0.3) is 0 Å². The number of ether oxygens (including phenoxy) is 1. The first-order valence-electron chi connectivity index (χ1n) is 10.6. The number of nitrogens with zero attached hydrogens (tertiary/aromatic N) is 1. The van der Waals surface area contributed by atoms with E-state index in [0.29, 0.717) is 6.42 Å². The molecule has 0 aliphatic carbocycles. The summed E-state index contributed by atoms with van der Waals surface area (Å²) in [5.74, 6) is 0.0619. The predicted molar refractivity (Wildman–Crippen MR) is 126 cm³/mol. The van der Waals surface area contributed by atoms with E-state index in [0.717, 1.165) is 49.5 Å². The lowest BCUT2D eigenvalue weighted by Gasteiger charge is -2.41. The molecule has 0 bridgehead atoms. The zero-order chi connectivity index (χ0) is 20.8. The Bertz CT molecular complexity index is 914. The quantitative estimate of drug-likeness (QED) is 0.574. The van der Waals surface area contributed by atoms with Crippen LogP contribution in [0.1, 0.15) is 22.6 Å². The highest BCUT2D eigenvalue weighted by Gasteiger charge is 2.40. The topological polar surface area (TPSA) is 52.9 Å². The molecule has 1 aliphatic rings. The van der Waals surface area contributed by atoms with E-state index in [1.165, 1.54) is 0 Å². The zero-order valence-corrected chi connectivity index (χ0v) is 18.4. The van der Waals surface area contributed by atoms with Crippen molar-refractivity contribution in [2.75, 3.05) is 32.8 Å². The van der Waals surface area contributed by atoms with Crippen molar-refractivity contribution in [1.29, 1.82) is 0 Å². The van der Waals surface area contributed by atoms with Crippen molar-refractivity contribution in [2.24, 2.45) is 0 Å². The van der Waals surface area contributed by atoms with Crippen molar-refractivity contribution in [3.05, 3.63) is 102 Å². The molecule has 0 radical (unpaired) electrons. The second-order valence-corrected chi connectivity index (χ2v) is 8.01. The first kappa shape index (κ1) is 23.3. The molecule has 31 heavy (non-hydrogen) atoms. The number of halogens is 1. The number of aromatic hydroxyl groups is 1. The summed E-state index contributed by atoms with van der Waals surface area (Å²) in [4.78, 5) is 2.37. The third-order valence-corrected chi connectivity index (χ3v) is 6.01. The van der Waals surface area contributed by atoms with Gasteiger partial charge in [0.15, 0.2) is 0 Å². The molecule has 3 aromatic carbocycles. The molecule has 4 nitrogen and oxygen atoms in total. The number of phenols is 1. The van der Waals surface area contributed by atoms with Crippen molar-refractivity contribution in [3.63, 3.8) is 0 Å². The highest BCUT2D eigenvalue weighted by molar-refractivity contribution is 5.85. The number of hydrogen-bond donors (Lipinski definition) is 2. The van der Waals surface area contributed by atoms with E-state index in [2.05, 4.69) is 29.2 Å². The molecular weight excluding hydrogens is 410 g/mol. The largest absolute Gasteiger partial charge is 0.508 e. The van der Waals surface area contributed by atoms with Crippen LogP contribution in [0.25, 0.3) is 0 Å². The van der Waals surface area contributed by atoms with Crippen LogP contribution in [0.15, 0.2) is 84.9 Å². The van der Waals surface area contributed by atoms with Gasteiger partial charge < -0.3 is 14.9 Å². The highest BCUT2D eigenvalue weighted by atomic mass is 35.5. The van der Waals surface area contributed by atoms with Crippen molar-refractivity contribution in [3.8, 4) is 5.75 Å². The van der Waals surface area contributed by atoms with Gasteiger partial charge in [0.2, 0.25) is 0 Å². The minimum atomic E-state index is -1.13. The molecule has 4 rings (SSSR count). The fourth-order valence-corrected chi connectivity index (χ4v) is 4.34. The Kier molecular flexibility index (Phi) is 8.10. The molecule has 2 atom stereocenters. The fourth-order valence-electron chi connectivity index (χ4n) is 4.34. The number of benzene rings is 3. The van der Waals surface area contributed by atoms with Crippen LogP contribution in [0.4, 0.5) is 0 Å². The lowest BCUT2D eigenvalue weighted by molar-refractivity contribution is -0.0223. The molecule has 3 aromatic rings. The van der Waals surface area contributed by atoms with E-state index >= 15 is 0 Å². The number of morpholine rings is 1. The standard InChI is InChI=1S/C26H29NO3.ClH/c28-24-13-11-23(12-14-24)26(29,19-21-7-3-1-4-8-21)25(22-9-5-2-6-10-22)20-27-15-17-30-18-16-27;/h1-14,25,28-29H,15-20H2;1H. The van der Waals surface area contributed by atoms with E-state index in [4.69, 9.17) is 4.74 Å². The van der Waals surface area contributed by atoms with Crippen LogP contribution in [0.2, 0.25) is 0 Å². The number of rotatable bonds is 7. The monoisotopic (exact) mass is 439 g/mol. The smallest absolute Gasteiger partial charge is 0.115 e. The molecule has 2 N–H and O–H groups in total. The van der Waals surface area contributed by atoms with E-state index in [-0.39, 0.29) is 24.1 Å². The van der Waals surface area contributed by atoms with Crippen molar-refractivity contribution in [1.82, 2.24) is 4.90 Å². The normalized spacial score (nSPS) is 17.3. The Hall–Kier alpha value is -2.37. The van der Waals surface area contributed by atoms with Gasteiger partial charge in [-0.1, -0.05) is 72.8 Å². The van der Waals surface area contributed by atoms with Crippen LogP contribution < -0.4 is 0 Å². The third-order valence-electron chi connectivity index (χ3n) is 6.01. The van der Waals surface area contributed by atoms with Gasteiger partial charge >= 0.3 is 0 Å². The SMILES string of the molecule is Cl.Oc1ccc(C(O)(Cc2ccccc2)C(CN2CCOCC2)c2ccccc2)cc1. The molecule has 5 heteroatoms. The zero-order valence-electron chi connectivity index (χ0n) is 17.6. The summed E-state index contributed by atoms with van der Waals surface area (Å²) in [6.45, 7) is 3.90. The maximum atomic E-state index is 12.3. The number of aliphatic hydroxyl groups is 1. The second-order valence-electron chi connectivity index (χ2n) is 8.01. The Morgan fingerprint density at radius 1 is 0.839 bits per heavy atom. The minimum Gasteiger partial charge on any atom is -0.508 e. The lowest BCUT2D eigenvalue weighted by Crippen LogP contribution is -2.45. The Morgan fingerprint density at radius 3 is 2.03 bits per heavy atom. The van der Waals surface area contributed by atoms with E-state index in [1.54, 1.807) is 12.1 Å². The van der Waals surface area contributed by atoms with E-state index < -0.39 is 5.60 Å². The fraction of sp³-hybridized carbons (Fsp3) is 0.308. The van der Waals surface area contributed by atoms with Crippen LogP contribution in [-0.4, -0.2) is 48.0 Å². The van der Waals surface area contributed by atoms with Gasteiger partial charge in [0.1, 0.15) is 11.4 Å². The van der Waals surface area contributed by atoms with Crippen molar-refractivity contribution < 1.29 is 14.9 Å². The van der Waals surface area contributed by atoms with Crippen LogP contribution in [0.5, 0.6) is 5.75 Å². The average molecular weight is 440 g/mol. The minimum absolute atomic E-state index is 0. The summed E-state index contributed by atoms with van der Waals surface area (Å²) in [6.07, 6.45) is 0.489. The van der Waals surface area contributed by atoms with Gasteiger partial charge in [-0.05, 0) is 28.8 Å². The van der Waals surface area contributed by atoms with Gasteiger partial charge in [-0.3, -0.25) is 4.90 Å². The Morgan fingerprint density at radius 2 is 1.42 bits per heavy atom. The molecule has 0 spiro atoms. The maximum absolute atomic E-state index is 12.3. The number of hydrogen-bond acceptors (Lipinski definition) is 4. The summed E-state index contributed by atoms with van der Waals surface area (Å²) >= 11 is 0. The lowest BCUT2D eigenvalue weighted by atomic mass is 9.73.